The van der Waals surface area contributed by atoms with Gasteiger partial charge in [-0.1, -0.05) is 48.5 Å². The number of aliphatic hydroxyl groups excluding tert-OH is 1. The Morgan fingerprint density at radius 2 is 1.47 bits per heavy atom. The monoisotopic (exact) mass is 471 g/mol. The van der Waals surface area contributed by atoms with Gasteiger partial charge in [0.1, 0.15) is 0 Å². The van der Waals surface area contributed by atoms with Gasteiger partial charge in [0, 0.05) is 41.6 Å². The molecule has 0 spiro atoms. The molecule has 0 bridgehead atoms. The molecule has 5 rings (SSSR count). The van der Waals surface area contributed by atoms with Gasteiger partial charge < -0.3 is 14.6 Å². The molecule has 2 heterocycles. The van der Waals surface area contributed by atoms with E-state index in [4.69, 9.17) is 0 Å². The van der Waals surface area contributed by atoms with Crippen molar-refractivity contribution < 1.29 is 14.7 Å². The van der Waals surface area contributed by atoms with E-state index in [-0.39, 0.29) is 24.2 Å². The van der Waals surface area contributed by atoms with Crippen LogP contribution in [0.3, 0.4) is 0 Å². The number of hydrogen-bond acceptors (Lipinski definition) is 5. The number of carbonyl (C=O) groups excluding carboxylic acids is 2. The largest absolute Gasteiger partial charge is 0.389 e. The second-order valence-electron chi connectivity index (χ2n) is 8.58. The van der Waals surface area contributed by atoms with Gasteiger partial charge in [-0.05, 0) is 47.7 Å². The van der Waals surface area contributed by atoms with Crippen molar-refractivity contribution >= 4 is 56.5 Å². The molecule has 172 valence electrons. The van der Waals surface area contributed by atoms with Crippen molar-refractivity contribution in [2.45, 2.75) is 12.6 Å². The van der Waals surface area contributed by atoms with Crippen molar-refractivity contribution in [3.05, 3.63) is 83.3 Å². The Balaban J connectivity index is 1.35. The average Bonchev–Trinajstić information content (AvgIpc) is 3.29. The molecule has 0 aliphatic carbocycles. The lowest BCUT2D eigenvalue weighted by Crippen LogP contribution is -2.37. The number of benzene rings is 3. The number of thioether (sulfide) groups is 1. The van der Waals surface area contributed by atoms with Gasteiger partial charge in [-0.3, -0.25) is 14.5 Å². The van der Waals surface area contributed by atoms with Crippen molar-refractivity contribution in [2.75, 3.05) is 25.5 Å². The van der Waals surface area contributed by atoms with Gasteiger partial charge >= 0.3 is 0 Å². The molecule has 7 heteroatoms. The van der Waals surface area contributed by atoms with Crippen molar-refractivity contribution in [3.8, 4) is 0 Å². The van der Waals surface area contributed by atoms with Crippen LogP contribution in [0.1, 0.15) is 5.56 Å². The molecule has 6 nitrogen and oxygen atoms in total. The van der Waals surface area contributed by atoms with Crippen molar-refractivity contribution in [2.24, 2.45) is 0 Å². The molecule has 1 atom stereocenters. The van der Waals surface area contributed by atoms with Crippen LogP contribution in [0.25, 0.3) is 27.9 Å². The average molecular weight is 472 g/mol. The summed E-state index contributed by atoms with van der Waals surface area (Å²) >= 11 is 0.912. The number of hydrogen-bond donors (Lipinski definition) is 1. The number of para-hydroxylation sites is 2. The molecule has 1 aliphatic heterocycles. The number of aromatic nitrogens is 1. The van der Waals surface area contributed by atoms with E-state index in [9.17, 15) is 14.7 Å². The minimum Gasteiger partial charge on any atom is -0.389 e. The first kappa shape index (κ1) is 22.3. The van der Waals surface area contributed by atoms with E-state index < -0.39 is 6.10 Å². The SMILES string of the molecule is CN(C)c1ccc(C=C2SC(=O)N(CC(O)Cn3c4ccccc4c4ccccc43)C2=O)cc1. The van der Waals surface area contributed by atoms with Crippen LogP contribution >= 0.6 is 11.8 Å². The normalized spacial score (nSPS) is 16.2. The van der Waals surface area contributed by atoms with Gasteiger partial charge in [-0.15, -0.1) is 0 Å². The van der Waals surface area contributed by atoms with Crippen LogP contribution in [0.5, 0.6) is 0 Å². The van der Waals surface area contributed by atoms with E-state index in [1.165, 1.54) is 0 Å². The molecule has 3 aromatic carbocycles. The number of amides is 2. The van der Waals surface area contributed by atoms with E-state index in [2.05, 4.69) is 16.7 Å². The standard InChI is InChI=1S/C27H25N3O3S/c1-28(2)19-13-11-18(12-14-19)15-25-26(32)30(27(33)34-25)17-20(31)16-29-23-9-5-3-7-21(23)22-8-4-6-10-24(22)29/h3-15,20,31H,16-17H2,1-2H3. The minimum atomic E-state index is -0.897. The maximum Gasteiger partial charge on any atom is 0.293 e. The van der Waals surface area contributed by atoms with Crippen LogP contribution < -0.4 is 4.90 Å². The number of rotatable bonds is 6. The fraction of sp³-hybridized carbons (Fsp3) is 0.185. The molecule has 1 fully saturated rings. The van der Waals surface area contributed by atoms with E-state index in [0.717, 1.165) is 49.7 Å². The van der Waals surface area contributed by atoms with Crippen LogP contribution in [0, 0.1) is 0 Å². The summed E-state index contributed by atoms with van der Waals surface area (Å²) in [5.74, 6) is -0.368. The highest BCUT2D eigenvalue weighted by molar-refractivity contribution is 8.18. The van der Waals surface area contributed by atoms with Crippen LogP contribution in [-0.2, 0) is 11.3 Å². The lowest BCUT2D eigenvalue weighted by Gasteiger charge is -2.19. The van der Waals surface area contributed by atoms with Gasteiger partial charge in [-0.2, -0.15) is 0 Å². The summed E-state index contributed by atoms with van der Waals surface area (Å²) in [5.41, 5.74) is 3.93. The fourth-order valence-electron chi connectivity index (χ4n) is 4.36. The summed E-state index contributed by atoms with van der Waals surface area (Å²) in [6, 6.07) is 23.9. The summed E-state index contributed by atoms with van der Waals surface area (Å²) in [5, 5.41) is 12.8. The van der Waals surface area contributed by atoms with Crippen molar-refractivity contribution in [1.82, 2.24) is 9.47 Å². The third-order valence-corrected chi connectivity index (χ3v) is 6.95. The van der Waals surface area contributed by atoms with Gasteiger partial charge in [0.2, 0.25) is 0 Å². The van der Waals surface area contributed by atoms with Crippen molar-refractivity contribution in [3.63, 3.8) is 0 Å². The molecule has 2 amide bonds. The van der Waals surface area contributed by atoms with E-state index in [1.807, 2.05) is 79.7 Å². The first-order valence-electron chi connectivity index (χ1n) is 11.1. The zero-order valence-corrected chi connectivity index (χ0v) is 19.8. The molecular weight excluding hydrogens is 446 g/mol. The maximum absolute atomic E-state index is 12.9. The number of aliphatic hydroxyl groups is 1. The summed E-state index contributed by atoms with van der Waals surface area (Å²) in [7, 11) is 3.93. The number of nitrogens with zero attached hydrogens (tertiary/aromatic N) is 3. The summed E-state index contributed by atoms with van der Waals surface area (Å²) in [6.45, 7) is 0.225. The van der Waals surface area contributed by atoms with E-state index >= 15 is 0 Å². The highest BCUT2D eigenvalue weighted by Crippen LogP contribution is 2.33. The van der Waals surface area contributed by atoms with Crippen LogP contribution in [0.15, 0.2) is 77.7 Å². The molecule has 1 saturated heterocycles. The fourth-order valence-corrected chi connectivity index (χ4v) is 5.20. The zero-order chi connectivity index (χ0) is 23.8. The van der Waals surface area contributed by atoms with Crippen LogP contribution in [0.4, 0.5) is 10.5 Å². The molecule has 0 radical (unpaired) electrons. The molecule has 1 aliphatic rings. The Bertz CT molecular complexity index is 1370. The first-order chi connectivity index (χ1) is 16.4. The van der Waals surface area contributed by atoms with E-state index in [0.29, 0.717) is 4.91 Å². The highest BCUT2D eigenvalue weighted by atomic mass is 32.2. The Hall–Kier alpha value is -3.55. The third kappa shape index (κ3) is 4.08. The van der Waals surface area contributed by atoms with Crippen LogP contribution in [-0.4, -0.2) is 52.5 Å². The van der Waals surface area contributed by atoms with Gasteiger partial charge in [0.15, 0.2) is 0 Å². The second kappa shape index (κ2) is 9.00. The number of anilines is 1. The maximum atomic E-state index is 12.9. The van der Waals surface area contributed by atoms with Gasteiger partial charge in [0.25, 0.3) is 11.1 Å². The lowest BCUT2D eigenvalue weighted by molar-refractivity contribution is -0.123. The summed E-state index contributed by atoms with van der Waals surface area (Å²) in [6.07, 6.45) is 0.829. The Morgan fingerprint density at radius 3 is 2.06 bits per heavy atom. The molecule has 1 aromatic heterocycles. The topological polar surface area (TPSA) is 65.8 Å². The molecule has 1 unspecified atom stereocenters. The number of β-amino-alcohol motifs (C(OH)–C–C–N with tert-alkyl or cyclic N) is 1. The Morgan fingerprint density at radius 1 is 0.882 bits per heavy atom. The predicted molar refractivity (Wildman–Crippen MR) is 139 cm³/mol. The Labute approximate surface area is 202 Å². The van der Waals surface area contributed by atoms with E-state index in [1.54, 1.807) is 6.08 Å². The van der Waals surface area contributed by atoms with Gasteiger partial charge in [0.05, 0.1) is 24.1 Å². The quantitative estimate of drug-likeness (QED) is 0.403. The number of fused-ring (bicyclic) bond motifs is 3. The van der Waals surface area contributed by atoms with Gasteiger partial charge in [-0.25, -0.2) is 0 Å². The second-order valence-corrected chi connectivity index (χ2v) is 9.57. The molecule has 4 aromatic rings. The molecule has 1 N–H and O–H groups in total. The zero-order valence-electron chi connectivity index (χ0n) is 19.0. The van der Waals surface area contributed by atoms with Crippen molar-refractivity contribution in [1.29, 1.82) is 0 Å². The summed E-state index contributed by atoms with van der Waals surface area (Å²) in [4.78, 5) is 29.0. The molecular formula is C27H25N3O3S. The van der Waals surface area contributed by atoms with Crippen LogP contribution in [0.2, 0.25) is 0 Å². The summed E-state index contributed by atoms with van der Waals surface area (Å²) < 4.78 is 2.05. The first-order valence-corrected chi connectivity index (χ1v) is 11.9. The third-order valence-electron chi connectivity index (χ3n) is 6.05. The predicted octanol–water partition coefficient (Wildman–Crippen LogP) is 4.96. The number of carbonyl (C=O) groups is 2. The smallest absolute Gasteiger partial charge is 0.293 e. The number of imide groups is 1. The molecule has 0 saturated carbocycles. The minimum absolute atomic E-state index is 0.0532. The Kier molecular flexibility index (Phi) is 5.89. The highest BCUT2D eigenvalue weighted by Gasteiger charge is 2.36. The molecule has 34 heavy (non-hydrogen) atoms. The lowest BCUT2D eigenvalue weighted by atomic mass is 10.2.